The van der Waals surface area contributed by atoms with Gasteiger partial charge in [-0.3, -0.25) is 9.78 Å². The van der Waals surface area contributed by atoms with E-state index in [2.05, 4.69) is 15.3 Å². The van der Waals surface area contributed by atoms with Crippen LogP contribution in [0.4, 0.5) is 11.5 Å². The minimum atomic E-state index is -0.567. The number of nitrogen functional groups attached to an aromatic ring is 1. The first-order valence-corrected chi connectivity index (χ1v) is 5.76. The number of rotatable bonds is 4. The fraction of sp³-hybridized carbons (Fsp3) is 0.154. The average Bonchev–Trinajstić information content (AvgIpc) is 2.39. The van der Waals surface area contributed by atoms with E-state index >= 15 is 0 Å². The van der Waals surface area contributed by atoms with Gasteiger partial charge < -0.3 is 16.8 Å². The van der Waals surface area contributed by atoms with Crippen LogP contribution in [0.25, 0.3) is 0 Å². The minimum absolute atomic E-state index is 0.268. The van der Waals surface area contributed by atoms with Crippen LogP contribution >= 0.6 is 0 Å². The summed E-state index contributed by atoms with van der Waals surface area (Å²) in [5.41, 5.74) is 13.6. The number of carbonyl (C=O) groups is 1. The molecule has 0 atom stereocenters. The number of nitrogens with two attached hydrogens (primary N) is 2. The molecule has 0 saturated heterocycles. The molecule has 6 heteroatoms. The molecule has 2 heterocycles. The summed E-state index contributed by atoms with van der Waals surface area (Å²) in [6.45, 7) is 2.57. The highest BCUT2D eigenvalue weighted by molar-refractivity contribution is 5.98. The monoisotopic (exact) mass is 257 g/mol. The molecule has 0 spiro atoms. The van der Waals surface area contributed by atoms with Crippen molar-refractivity contribution in [1.82, 2.24) is 9.97 Å². The quantitative estimate of drug-likeness (QED) is 0.759. The van der Waals surface area contributed by atoms with E-state index in [-0.39, 0.29) is 11.3 Å². The summed E-state index contributed by atoms with van der Waals surface area (Å²) < 4.78 is 0. The van der Waals surface area contributed by atoms with Gasteiger partial charge in [-0.25, -0.2) is 4.98 Å². The second-order valence-electron chi connectivity index (χ2n) is 4.18. The van der Waals surface area contributed by atoms with Gasteiger partial charge in [-0.15, -0.1) is 0 Å². The van der Waals surface area contributed by atoms with E-state index in [0.29, 0.717) is 12.4 Å². The van der Waals surface area contributed by atoms with E-state index in [4.69, 9.17) is 11.5 Å². The van der Waals surface area contributed by atoms with Gasteiger partial charge in [-0.1, -0.05) is 0 Å². The zero-order valence-electron chi connectivity index (χ0n) is 10.6. The van der Waals surface area contributed by atoms with E-state index in [1.165, 1.54) is 6.20 Å². The molecule has 0 saturated carbocycles. The van der Waals surface area contributed by atoms with E-state index in [9.17, 15) is 4.79 Å². The second-order valence-corrected chi connectivity index (χ2v) is 4.18. The Morgan fingerprint density at radius 2 is 2.21 bits per heavy atom. The lowest BCUT2D eigenvalue weighted by Crippen LogP contribution is -2.14. The summed E-state index contributed by atoms with van der Waals surface area (Å²) in [5, 5.41) is 3.12. The Balaban J connectivity index is 2.14. The van der Waals surface area contributed by atoms with Crippen LogP contribution in [0.2, 0.25) is 0 Å². The highest BCUT2D eigenvalue weighted by atomic mass is 16.1. The fourth-order valence-corrected chi connectivity index (χ4v) is 1.66. The molecule has 5 N–H and O–H groups in total. The maximum atomic E-state index is 11.2. The molecule has 1 amide bonds. The normalized spacial score (nSPS) is 10.2. The fourth-order valence-electron chi connectivity index (χ4n) is 1.66. The number of nitrogens with one attached hydrogen (secondary N) is 1. The van der Waals surface area contributed by atoms with E-state index in [0.717, 1.165) is 11.1 Å². The Kier molecular flexibility index (Phi) is 3.61. The summed E-state index contributed by atoms with van der Waals surface area (Å²) in [4.78, 5) is 19.3. The number of pyridine rings is 2. The third-order valence-corrected chi connectivity index (χ3v) is 2.80. The summed E-state index contributed by atoms with van der Waals surface area (Å²) >= 11 is 0. The predicted octanol–water partition coefficient (Wildman–Crippen LogP) is 1.08. The lowest BCUT2D eigenvalue weighted by molar-refractivity contribution is 0.100. The molecular formula is C13H15N5O. The molecule has 2 aromatic heterocycles. The van der Waals surface area contributed by atoms with Crippen LogP contribution in [-0.4, -0.2) is 15.9 Å². The zero-order chi connectivity index (χ0) is 13.8. The molecule has 6 nitrogen and oxygen atoms in total. The summed E-state index contributed by atoms with van der Waals surface area (Å²) in [7, 11) is 0. The molecule has 2 aromatic rings. The van der Waals surface area contributed by atoms with Crippen molar-refractivity contribution in [3.63, 3.8) is 0 Å². The van der Waals surface area contributed by atoms with Crippen LogP contribution in [-0.2, 0) is 6.54 Å². The molecule has 0 aliphatic rings. The van der Waals surface area contributed by atoms with Gasteiger partial charge in [0, 0.05) is 18.9 Å². The minimum Gasteiger partial charge on any atom is -0.397 e. The van der Waals surface area contributed by atoms with Crippen LogP contribution in [0, 0.1) is 6.92 Å². The number of nitrogens with zero attached hydrogens (tertiary/aromatic N) is 2. The first-order valence-electron chi connectivity index (χ1n) is 5.76. The van der Waals surface area contributed by atoms with Crippen LogP contribution < -0.4 is 16.8 Å². The highest BCUT2D eigenvalue weighted by Gasteiger charge is 2.07. The van der Waals surface area contributed by atoms with Crippen LogP contribution in [0.1, 0.15) is 21.5 Å². The lowest BCUT2D eigenvalue weighted by Gasteiger charge is -2.09. The van der Waals surface area contributed by atoms with Crippen molar-refractivity contribution in [3.05, 3.63) is 47.4 Å². The molecule has 98 valence electrons. The largest absolute Gasteiger partial charge is 0.397 e. The van der Waals surface area contributed by atoms with E-state index in [1.807, 2.05) is 13.0 Å². The molecule has 0 unspecified atom stereocenters. The van der Waals surface area contributed by atoms with Gasteiger partial charge in [0.15, 0.2) is 0 Å². The predicted molar refractivity (Wildman–Crippen MR) is 73.5 cm³/mol. The van der Waals surface area contributed by atoms with E-state index < -0.39 is 5.91 Å². The number of hydrogen-bond acceptors (Lipinski definition) is 5. The third kappa shape index (κ3) is 2.98. The molecule has 0 bridgehead atoms. The van der Waals surface area contributed by atoms with Crippen LogP contribution in [0.5, 0.6) is 0 Å². The highest BCUT2D eigenvalue weighted by Crippen LogP contribution is 2.15. The number of aromatic nitrogens is 2. The van der Waals surface area contributed by atoms with Gasteiger partial charge in [0.2, 0.25) is 0 Å². The van der Waals surface area contributed by atoms with Crippen molar-refractivity contribution < 1.29 is 4.79 Å². The smallest absolute Gasteiger partial charge is 0.250 e. The Morgan fingerprint density at radius 1 is 1.42 bits per heavy atom. The zero-order valence-corrected chi connectivity index (χ0v) is 10.6. The molecule has 2 rings (SSSR count). The van der Waals surface area contributed by atoms with E-state index in [1.54, 1.807) is 18.5 Å². The lowest BCUT2D eigenvalue weighted by atomic mass is 10.1. The second kappa shape index (κ2) is 5.34. The number of amides is 1. The van der Waals surface area contributed by atoms with Crippen molar-refractivity contribution in [1.29, 1.82) is 0 Å². The van der Waals surface area contributed by atoms with Crippen molar-refractivity contribution in [2.75, 3.05) is 11.1 Å². The molecule has 0 aliphatic carbocycles. The van der Waals surface area contributed by atoms with Crippen molar-refractivity contribution >= 4 is 17.4 Å². The van der Waals surface area contributed by atoms with Crippen molar-refractivity contribution in [2.45, 2.75) is 13.5 Å². The topological polar surface area (TPSA) is 107 Å². The first-order chi connectivity index (χ1) is 9.08. The summed E-state index contributed by atoms with van der Waals surface area (Å²) in [5.74, 6) is -0.0118. The molecule has 0 aromatic carbocycles. The van der Waals surface area contributed by atoms with Gasteiger partial charge in [0.25, 0.3) is 5.91 Å². The number of carbonyl (C=O) groups excluding carboxylic acids is 1. The van der Waals surface area contributed by atoms with Gasteiger partial charge >= 0.3 is 0 Å². The summed E-state index contributed by atoms with van der Waals surface area (Å²) in [6.07, 6.45) is 4.94. The molecule has 19 heavy (non-hydrogen) atoms. The van der Waals surface area contributed by atoms with Crippen molar-refractivity contribution in [3.8, 4) is 0 Å². The summed E-state index contributed by atoms with van der Waals surface area (Å²) in [6, 6.07) is 3.48. The standard InChI is InChI=1S/C13H15N5O/c1-8-5-16-3-2-9(8)6-17-12-4-10(13(15)19)11(14)7-18-12/h2-5,7H,6,14H2,1H3,(H2,15,19)(H,17,18). The van der Waals surface area contributed by atoms with Gasteiger partial charge in [0.1, 0.15) is 5.82 Å². The number of aryl methyl sites for hydroxylation is 1. The Bertz CT molecular complexity index is 612. The van der Waals surface area contributed by atoms with Gasteiger partial charge in [0.05, 0.1) is 17.4 Å². The van der Waals surface area contributed by atoms with Crippen molar-refractivity contribution in [2.24, 2.45) is 5.73 Å². The third-order valence-electron chi connectivity index (χ3n) is 2.80. The maximum absolute atomic E-state index is 11.2. The Hall–Kier alpha value is -2.63. The van der Waals surface area contributed by atoms with Crippen LogP contribution in [0.3, 0.4) is 0 Å². The first kappa shape index (κ1) is 12.8. The van der Waals surface area contributed by atoms with Gasteiger partial charge in [-0.2, -0.15) is 0 Å². The molecule has 0 radical (unpaired) electrons. The molecule has 0 aliphatic heterocycles. The number of hydrogen-bond donors (Lipinski definition) is 3. The van der Waals surface area contributed by atoms with Gasteiger partial charge in [-0.05, 0) is 30.2 Å². The number of anilines is 2. The average molecular weight is 257 g/mol. The Labute approximate surface area is 110 Å². The Morgan fingerprint density at radius 3 is 2.89 bits per heavy atom. The molecular weight excluding hydrogens is 242 g/mol. The molecule has 0 fully saturated rings. The maximum Gasteiger partial charge on any atom is 0.250 e. The van der Waals surface area contributed by atoms with Crippen LogP contribution in [0.15, 0.2) is 30.7 Å². The number of primary amides is 1. The SMILES string of the molecule is Cc1cnccc1CNc1cc(C(N)=O)c(N)cn1.